The number of nitrogens with two attached hydrogens (primary N) is 1. The van der Waals surface area contributed by atoms with Gasteiger partial charge in [0.05, 0.1) is 15.6 Å². The van der Waals surface area contributed by atoms with Gasteiger partial charge in [0.1, 0.15) is 6.04 Å². The van der Waals surface area contributed by atoms with Gasteiger partial charge in [-0.05, 0) is 50.3 Å². The highest BCUT2D eigenvalue weighted by Crippen LogP contribution is 2.39. The SMILES string of the molecule is NC1(c2noc(C3CCCN3C(=O)c3ccc(Cl)c(Cl)c3)n2)CCC1. The molecular weight excluding hydrogens is 363 g/mol. The summed E-state index contributed by atoms with van der Waals surface area (Å²) in [4.78, 5) is 19.1. The molecule has 1 saturated carbocycles. The van der Waals surface area contributed by atoms with Crippen LogP contribution < -0.4 is 5.73 Å². The smallest absolute Gasteiger partial charge is 0.254 e. The van der Waals surface area contributed by atoms with Crippen LogP contribution in [0.25, 0.3) is 0 Å². The lowest BCUT2D eigenvalue weighted by atomic mass is 9.77. The summed E-state index contributed by atoms with van der Waals surface area (Å²) in [5.41, 5.74) is 6.28. The van der Waals surface area contributed by atoms with Gasteiger partial charge in [-0.25, -0.2) is 0 Å². The Morgan fingerprint density at radius 2 is 2.08 bits per heavy atom. The monoisotopic (exact) mass is 380 g/mol. The van der Waals surface area contributed by atoms with Gasteiger partial charge >= 0.3 is 0 Å². The van der Waals surface area contributed by atoms with Crippen LogP contribution in [0.4, 0.5) is 0 Å². The molecule has 1 unspecified atom stereocenters. The number of benzene rings is 1. The Balaban J connectivity index is 1.58. The van der Waals surface area contributed by atoms with Gasteiger partial charge in [-0.2, -0.15) is 4.98 Å². The third-order valence-corrected chi connectivity index (χ3v) is 5.84. The quantitative estimate of drug-likeness (QED) is 0.877. The van der Waals surface area contributed by atoms with Crippen molar-refractivity contribution in [2.45, 2.75) is 43.7 Å². The zero-order chi connectivity index (χ0) is 17.6. The largest absolute Gasteiger partial charge is 0.337 e. The van der Waals surface area contributed by atoms with Gasteiger partial charge in [-0.15, -0.1) is 0 Å². The van der Waals surface area contributed by atoms with Crippen LogP contribution >= 0.6 is 23.2 Å². The van der Waals surface area contributed by atoms with E-state index in [0.717, 1.165) is 32.1 Å². The minimum Gasteiger partial charge on any atom is -0.337 e. The highest BCUT2D eigenvalue weighted by Gasteiger charge is 2.41. The van der Waals surface area contributed by atoms with Crippen LogP contribution in [0.1, 0.15) is 60.2 Å². The third kappa shape index (κ3) is 2.92. The van der Waals surface area contributed by atoms with E-state index in [9.17, 15) is 4.79 Å². The molecular formula is C17H18Cl2N4O2. The van der Waals surface area contributed by atoms with Crippen LogP contribution in [-0.4, -0.2) is 27.5 Å². The van der Waals surface area contributed by atoms with Gasteiger partial charge in [-0.3, -0.25) is 4.79 Å². The van der Waals surface area contributed by atoms with E-state index in [0.29, 0.717) is 33.9 Å². The van der Waals surface area contributed by atoms with Crippen molar-refractivity contribution in [2.24, 2.45) is 5.73 Å². The highest BCUT2D eigenvalue weighted by atomic mass is 35.5. The lowest BCUT2D eigenvalue weighted by Crippen LogP contribution is -2.44. The first-order valence-corrected chi connectivity index (χ1v) is 9.12. The summed E-state index contributed by atoms with van der Waals surface area (Å²) in [7, 11) is 0. The standard InChI is InChI=1S/C17H18Cl2N4O2/c18-11-5-4-10(9-12(11)19)15(24)23-8-1-3-13(23)14-21-16(22-25-14)17(20)6-2-7-17/h4-5,9,13H,1-3,6-8,20H2. The van der Waals surface area contributed by atoms with Gasteiger partial charge in [-0.1, -0.05) is 28.4 Å². The lowest BCUT2D eigenvalue weighted by Gasteiger charge is -2.34. The lowest BCUT2D eigenvalue weighted by molar-refractivity contribution is 0.0710. The van der Waals surface area contributed by atoms with Gasteiger partial charge in [0, 0.05) is 12.1 Å². The van der Waals surface area contributed by atoms with Crippen LogP contribution in [0.15, 0.2) is 22.7 Å². The molecule has 1 aromatic carbocycles. The number of likely N-dealkylation sites (tertiary alicyclic amines) is 1. The van der Waals surface area contributed by atoms with Gasteiger partial charge < -0.3 is 15.2 Å². The predicted molar refractivity (Wildman–Crippen MR) is 93.5 cm³/mol. The number of aromatic nitrogens is 2. The fourth-order valence-electron chi connectivity index (χ4n) is 3.42. The molecule has 0 spiro atoms. The first-order chi connectivity index (χ1) is 12.0. The average Bonchev–Trinajstić information content (AvgIpc) is 3.23. The van der Waals surface area contributed by atoms with Crippen LogP contribution in [0.5, 0.6) is 0 Å². The second kappa shape index (κ2) is 6.27. The molecule has 132 valence electrons. The molecule has 2 aromatic rings. The Morgan fingerprint density at radius 1 is 1.28 bits per heavy atom. The van der Waals surface area contributed by atoms with Gasteiger partial charge in [0.15, 0.2) is 5.82 Å². The van der Waals surface area contributed by atoms with Gasteiger partial charge in [0.25, 0.3) is 5.91 Å². The molecule has 1 saturated heterocycles. The Hall–Kier alpha value is -1.63. The summed E-state index contributed by atoms with van der Waals surface area (Å²) in [6, 6.07) is 4.66. The number of carbonyl (C=O) groups excluding carboxylic acids is 1. The van der Waals surface area contributed by atoms with Crippen LogP contribution in [0.2, 0.25) is 10.0 Å². The molecule has 1 aliphatic heterocycles. The molecule has 1 aromatic heterocycles. The van der Waals surface area contributed by atoms with E-state index in [-0.39, 0.29) is 11.9 Å². The van der Waals surface area contributed by atoms with Crippen molar-refractivity contribution in [1.82, 2.24) is 15.0 Å². The van der Waals surface area contributed by atoms with Crippen molar-refractivity contribution in [3.8, 4) is 0 Å². The minimum atomic E-state index is -0.473. The van der Waals surface area contributed by atoms with E-state index in [4.69, 9.17) is 33.5 Å². The number of carbonyl (C=O) groups is 1. The Bertz CT molecular complexity index is 819. The number of hydrogen-bond acceptors (Lipinski definition) is 5. The highest BCUT2D eigenvalue weighted by molar-refractivity contribution is 6.42. The van der Waals surface area contributed by atoms with Crippen LogP contribution in [0, 0.1) is 0 Å². The molecule has 1 amide bonds. The fraction of sp³-hybridized carbons (Fsp3) is 0.471. The summed E-state index contributed by atoms with van der Waals surface area (Å²) in [6.45, 7) is 0.634. The zero-order valence-corrected chi connectivity index (χ0v) is 15.1. The summed E-state index contributed by atoms with van der Waals surface area (Å²) in [6.07, 6.45) is 4.46. The van der Waals surface area contributed by atoms with Crippen molar-refractivity contribution < 1.29 is 9.32 Å². The minimum absolute atomic E-state index is 0.119. The summed E-state index contributed by atoms with van der Waals surface area (Å²) in [5, 5.41) is 4.84. The van der Waals surface area contributed by atoms with E-state index in [1.54, 1.807) is 23.1 Å². The summed E-state index contributed by atoms with van der Waals surface area (Å²) >= 11 is 12.0. The summed E-state index contributed by atoms with van der Waals surface area (Å²) in [5.74, 6) is 0.882. The van der Waals surface area contributed by atoms with Gasteiger partial charge in [0.2, 0.25) is 5.89 Å². The topological polar surface area (TPSA) is 85.2 Å². The molecule has 2 heterocycles. The molecule has 25 heavy (non-hydrogen) atoms. The number of rotatable bonds is 3. The molecule has 4 rings (SSSR count). The second-order valence-electron chi connectivity index (χ2n) is 6.75. The van der Waals surface area contributed by atoms with Crippen LogP contribution in [-0.2, 0) is 5.54 Å². The number of nitrogens with zero attached hydrogens (tertiary/aromatic N) is 3. The first kappa shape index (κ1) is 16.8. The predicted octanol–water partition coefficient (Wildman–Crippen LogP) is 3.69. The molecule has 6 nitrogen and oxygen atoms in total. The molecule has 0 bridgehead atoms. The van der Waals surface area contributed by atoms with E-state index >= 15 is 0 Å². The summed E-state index contributed by atoms with van der Waals surface area (Å²) < 4.78 is 5.45. The van der Waals surface area contributed by atoms with Crippen molar-refractivity contribution in [3.05, 3.63) is 45.5 Å². The number of amides is 1. The Kier molecular flexibility index (Phi) is 4.22. The molecule has 2 N–H and O–H groups in total. The third-order valence-electron chi connectivity index (χ3n) is 5.10. The molecule has 1 atom stereocenters. The van der Waals surface area contributed by atoms with E-state index in [2.05, 4.69) is 10.1 Å². The van der Waals surface area contributed by atoms with Crippen molar-refractivity contribution >= 4 is 29.1 Å². The Morgan fingerprint density at radius 3 is 2.76 bits per heavy atom. The van der Waals surface area contributed by atoms with Crippen LogP contribution in [0.3, 0.4) is 0 Å². The maximum atomic E-state index is 12.9. The van der Waals surface area contributed by atoms with E-state index < -0.39 is 5.54 Å². The maximum absolute atomic E-state index is 12.9. The number of halogens is 2. The average molecular weight is 381 g/mol. The normalized spacial score (nSPS) is 22.0. The fourth-order valence-corrected chi connectivity index (χ4v) is 3.71. The molecule has 8 heteroatoms. The Labute approximate surface area is 155 Å². The molecule has 2 aliphatic rings. The maximum Gasteiger partial charge on any atom is 0.254 e. The molecule has 2 fully saturated rings. The first-order valence-electron chi connectivity index (χ1n) is 8.37. The van der Waals surface area contributed by atoms with E-state index in [1.807, 2.05) is 0 Å². The molecule has 0 radical (unpaired) electrons. The number of hydrogen-bond donors (Lipinski definition) is 1. The zero-order valence-electron chi connectivity index (χ0n) is 13.5. The van der Waals surface area contributed by atoms with Crippen molar-refractivity contribution in [3.63, 3.8) is 0 Å². The van der Waals surface area contributed by atoms with E-state index in [1.165, 1.54) is 0 Å². The van der Waals surface area contributed by atoms with Crippen molar-refractivity contribution in [1.29, 1.82) is 0 Å². The van der Waals surface area contributed by atoms with Crippen molar-refractivity contribution in [2.75, 3.05) is 6.54 Å². The second-order valence-corrected chi connectivity index (χ2v) is 7.57. The molecule has 1 aliphatic carbocycles.